The Balaban J connectivity index is 2.86. The minimum atomic E-state index is -3.81. The first-order valence-electron chi connectivity index (χ1n) is 6.01. The van der Waals surface area contributed by atoms with Gasteiger partial charge in [-0.15, -0.1) is 0 Å². The summed E-state index contributed by atoms with van der Waals surface area (Å²) in [5.41, 5.74) is 0.166. The van der Waals surface area contributed by atoms with E-state index in [0.717, 1.165) is 6.42 Å². The maximum atomic E-state index is 11.9. The number of aryl methyl sites for hydroxylation is 1. The van der Waals surface area contributed by atoms with E-state index in [9.17, 15) is 13.2 Å². The van der Waals surface area contributed by atoms with Gasteiger partial charge in [-0.1, -0.05) is 13.8 Å². The van der Waals surface area contributed by atoms with Gasteiger partial charge in [-0.2, -0.15) is 0 Å². The highest BCUT2D eigenvalue weighted by Crippen LogP contribution is 2.15. The van der Waals surface area contributed by atoms with Gasteiger partial charge in [0, 0.05) is 13.2 Å². The molecule has 0 aliphatic heterocycles. The molecule has 6 nitrogen and oxygen atoms in total. The number of carbonyl (C=O) groups is 1. The molecule has 1 atom stereocenters. The Bertz CT molecular complexity index is 560. The Hall–Kier alpha value is -1.34. The number of hydrogen-bond donors (Lipinski definition) is 1. The van der Waals surface area contributed by atoms with Crippen LogP contribution in [0.15, 0.2) is 17.2 Å². The summed E-state index contributed by atoms with van der Waals surface area (Å²) in [4.78, 5) is 11.8. The maximum absolute atomic E-state index is 11.9. The fourth-order valence-electron chi connectivity index (χ4n) is 1.85. The molecule has 1 aromatic rings. The van der Waals surface area contributed by atoms with Gasteiger partial charge >= 0.3 is 5.97 Å². The van der Waals surface area contributed by atoms with Crippen molar-refractivity contribution >= 4 is 16.0 Å². The first-order valence-corrected chi connectivity index (χ1v) is 7.56. The SMILES string of the molecule is CC(C)CC(C)OC(=O)c1cc(S(N)(=O)=O)cn1C. The summed E-state index contributed by atoms with van der Waals surface area (Å²) in [5, 5.41) is 5.01. The summed E-state index contributed by atoms with van der Waals surface area (Å²) in [6, 6.07) is 1.22. The predicted molar refractivity (Wildman–Crippen MR) is 71.1 cm³/mol. The van der Waals surface area contributed by atoms with Gasteiger partial charge < -0.3 is 9.30 Å². The fourth-order valence-corrected chi connectivity index (χ4v) is 2.43. The average molecular weight is 288 g/mol. The number of rotatable bonds is 5. The summed E-state index contributed by atoms with van der Waals surface area (Å²) in [5.74, 6) is -0.137. The van der Waals surface area contributed by atoms with Crippen LogP contribution < -0.4 is 5.14 Å². The molecule has 1 heterocycles. The summed E-state index contributed by atoms with van der Waals surface area (Å²) in [6.45, 7) is 5.87. The highest BCUT2D eigenvalue weighted by Gasteiger charge is 2.20. The molecule has 0 radical (unpaired) electrons. The molecule has 0 saturated carbocycles. The number of aromatic nitrogens is 1. The van der Waals surface area contributed by atoms with Gasteiger partial charge in [-0.25, -0.2) is 18.4 Å². The van der Waals surface area contributed by atoms with Crippen molar-refractivity contribution in [2.24, 2.45) is 18.1 Å². The second kappa shape index (κ2) is 5.75. The van der Waals surface area contributed by atoms with Gasteiger partial charge in [0.2, 0.25) is 10.0 Å². The van der Waals surface area contributed by atoms with Crippen LogP contribution in [0.3, 0.4) is 0 Å². The molecular formula is C12H20N2O4S. The Morgan fingerprint density at radius 1 is 1.42 bits per heavy atom. The van der Waals surface area contributed by atoms with E-state index in [2.05, 4.69) is 0 Å². The van der Waals surface area contributed by atoms with Crippen LogP contribution >= 0.6 is 0 Å². The molecule has 0 spiro atoms. The zero-order chi connectivity index (χ0) is 14.8. The molecule has 0 fully saturated rings. The molecule has 1 rings (SSSR count). The Kier molecular flexibility index (Phi) is 4.75. The standard InChI is InChI=1S/C12H20N2O4S/c1-8(2)5-9(3)18-12(15)11-6-10(7-14(11)4)19(13,16)17/h6-9H,5H2,1-4H3,(H2,13,16,17). The van der Waals surface area contributed by atoms with E-state index in [1.54, 1.807) is 14.0 Å². The number of nitrogens with two attached hydrogens (primary N) is 1. The van der Waals surface area contributed by atoms with Crippen LogP contribution in [0.1, 0.15) is 37.7 Å². The van der Waals surface area contributed by atoms with Crippen molar-refractivity contribution in [3.63, 3.8) is 0 Å². The second-order valence-electron chi connectivity index (χ2n) is 5.06. The summed E-state index contributed by atoms with van der Waals surface area (Å²) >= 11 is 0. The first-order chi connectivity index (χ1) is 8.61. The van der Waals surface area contributed by atoms with E-state index < -0.39 is 16.0 Å². The zero-order valence-electron chi connectivity index (χ0n) is 11.6. The first kappa shape index (κ1) is 15.7. The number of esters is 1. The maximum Gasteiger partial charge on any atom is 0.355 e. The van der Waals surface area contributed by atoms with Crippen molar-refractivity contribution in [3.05, 3.63) is 18.0 Å². The smallest absolute Gasteiger partial charge is 0.355 e. The summed E-state index contributed by atoms with van der Waals surface area (Å²) < 4.78 is 29.1. The number of hydrogen-bond acceptors (Lipinski definition) is 4. The lowest BCUT2D eigenvalue weighted by atomic mass is 10.1. The summed E-state index contributed by atoms with van der Waals surface area (Å²) in [7, 11) is -2.25. The molecule has 0 bridgehead atoms. The van der Waals surface area contributed by atoms with Gasteiger partial charge in [0.15, 0.2) is 0 Å². The van der Waals surface area contributed by atoms with Gasteiger partial charge in [-0.05, 0) is 25.3 Å². The van der Waals surface area contributed by atoms with Crippen LogP contribution in [0, 0.1) is 5.92 Å². The molecule has 0 aliphatic carbocycles. The lowest BCUT2D eigenvalue weighted by molar-refractivity contribution is 0.0288. The molecule has 0 aliphatic rings. The second-order valence-corrected chi connectivity index (χ2v) is 6.62. The number of ether oxygens (including phenoxy) is 1. The normalized spacial score (nSPS) is 13.6. The fraction of sp³-hybridized carbons (Fsp3) is 0.583. The summed E-state index contributed by atoms with van der Waals surface area (Å²) in [6.07, 6.45) is 1.82. The van der Waals surface area contributed by atoms with E-state index in [0.29, 0.717) is 5.92 Å². The van der Waals surface area contributed by atoms with Gasteiger partial charge in [-0.3, -0.25) is 0 Å². The Morgan fingerprint density at radius 2 is 2.00 bits per heavy atom. The van der Waals surface area contributed by atoms with Gasteiger partial charge in [0.1, 0.15) is 10.6 Å². The highest BCUT2D eigenvalue weighted by molar-refractivity contribution is 7.89. The van der Waals surface area contributed by atoms with E-state index >= 15 is 0 Å². The van der Waals surface area contributed by atoms with Crippen LogP contribution in [-0.2, 0) is 21.8 Å². The molecule has 1 aromatic heterocycles. The van der Waals surface area contributed by atoms with Crippen LogP contribution in [0.25, 0.3) is 0 Å². The minimum Gasteiger partial charge on any atom is -0.458 e. The topological polar surface area (TPSA) is 91.4 Å². The molecule has 19 heavy (non-hydrogen) atoms. The largest absolute Gasteiger partial charge is 0.458 e. The Morgan fingerprint density at radius 3 is 2.42 bits per heavy atom. The van der Waals surface area contributed by atoms with Crippen molar-refractivity contribution in [3.8, 4) is 0 Å². The lowest BCUT2D eigenvalue weighted by Crippen LogP contribution is -2.18. The predicted octanol–water partition coefficient (Wildman–Crippen LogP) is 1.26. The third kappa shape index (κ3) is 4.36. The van der Waals surface area contributed by atoms with E-state index in [1.807, 2.05) is 13.8 Å². The third-order valence-electron chi connectivity index (χ3n) is 2.63. The molecule has 2 N–H and O–H groups in total. The zero-order valence-corrected chi connectivity index (χ0v) is 12.4. The molecule has 0 saturated heterocycles. The average Bonchev–Trinajstić information content (AvgIpc) is 2.58. The molecule has 1 unspecified atom stereocenters. The van der Waals surface area contributed by atoms with Crippen LogP contribution in [0.5, 0.6) is 0 Å². The van der Waals surface area contributed by atoms with Crippen molar-refractivity contribution in [1.29, 1.82) is 0 Å². The van der Waals surface area contributed by atoms with Crippen LogP contribution in [-0.4, -0.2) is 25.1 Å². The highest BCUT2D eigenvalue weighted by atomic mass is 32.2. The van der Waals surface area contributed by atoms with E-state index in [4.69, 9.17) is 9.88 Å². The quantitative estimate of drug-likeness (QED) is 0.826. The van der Waals surface area contributed by atoms with E-state index in [-0.39, 0.29) is 16.7 Å². The Labute approximate surface area is 113 Å². The number of sulfonamides is 1. The van der Waals surface area contributed by atoms with Crippen LogP contribution in [0.4, 0.5) is 0 Å². The van der Waals surface area contributed by atoms with E-state index in [1.165, 1.54) is 16.8 Å². The molecule has 108 valence electrons. The number of carbonyl (C=O) groups excluding carboxylic acids is 1. The van der Waals surface area contributed by atoms with Gasteiger partial charge in [0.05, 0.1) is 6.10 Å². The monoisotopic (exact) mass is 288 g/mol. The molecule has 0 amide bonds. The molecule has 7 heteroatoms. The van der Waals surface area contributed by atoms with Crippen molar-refractivity contribution in [1.82, 2.24) is 4.57 Å². The van der Waals surface area contributed by atoms with Crippen molar-refractivity contribution < 1.29 is 17.9 Å². The van der Waals surface area contributed by atoms with Crippen molar-refractivity contribution in [2.75, 3.05) is 0 Å². The van der Waals surface area contributed by atoms with Crippen LogP contribution in [0.2, 0.25) is 0 Å². The number of primary sulfonamides is 1. The molecule has 0 aromatic carbocycles. The molecular weight excluding hydrogens is 268 g/mol. The third-order valence-corrected chi connectivity index (χ3v) is 3.51. The van der Waals surface area contributed by atoms with Crippen molar-refractivity contribution in [2.45, 2.75) is 38.2 Å². The lowest BCUT2D eigenvalue weighted by Gasteiger charge is -2.15. The van der Waals surface area contributed by atoms with Gasteiger partial charge in [0.25, 0.3) is 0 Å². The minimum absolute atomic E-state index is 0.0986. The number of nitrogens with zero attached hydrogens (tertiary/aromatic N) is 1.